The van der Waals surface area contributed by atoms with Crippen molar-refractivity contribution in [3.8, 4) is 0 Å². The van der Waals surface area contributed by atoms with E-state index in [1.807, 2.05) is 0 Å². The Kier molecular flexibility index (Phi) is 4.21. The number of carbonyl (C=O) groups excluding carboxylic acids is 1. The number of Topliss-reactive ketones (excluding diaryl/α,β-unsaturated/α-hetero) is 1. The van der Waals surface area contributed by atoms with Crippen LogP contribution in [0.5, 0.6) is 0 Å². The van der Waals surface area contributed by atoms with Gasteiger partial charge in [-0.05, 0) is 23.8 Å². The Hall–Kier alpha value is -1.11. The van der Waals surface area contributed by atoms with E-state index in [1.54, 1.807) is 11.4 Å². The third-order valence-electron chi connectivity index (χ3n) is 2.37. The summed E-state index contributed by atoms with van der Waals surface area (Å²) in [7, 11) is 0. The van der Waals surface area contributed by atoms with E-state index in [0.717, 1.165) is 5.01 Å². The first-order valence-corrected chi connectivity index (χ1v) is 6.89. The van der Waals surface area contributed by atoms with Crippen molar-refractivity contribution in [3.63, 3.8) is 0 Å². The third kappa shape index (κ3) is 3.01. The van der Waals surface area contributed by atoms with Crippen molar-refractivity contribution in [2.24, 2.45) is 5.73 Å². The molecule has 0 saturated carbocycles. The van der Waals surface area contributed by atoms with E-state index >= 15 is 0 Å². The molecule has 0 unspecified atom stereocenters. The lowest BCUT2D eigenvalue weighted by molar-refractivity contribution is 0.0988. The summed E-state index contributed by atoms with van der Waals surface area (Å²) in [5.41, 5.74) is 6.44. The summed E-state index contributed by atoms with van der Waals surface area (Å²) in [6.07, 6.45) is 0.117. The molecule has 2 N–H and O–H groups in total. The lowest BCUT2D eigenvalue weighted by Gasteiger charge is -2.02. The van der Waals surface area contributed by atoms with Gasteiger partial charge < -0.3 is 5.73 Å². The lowest BCUT2D eigenvalue weighted by atomic mass is 10.1. The molecule has 1 aromatic carbocycles. The first kappa shape index (κ1) is 13.3. The molecule has 0 aliphatic rings. The van der Waals surface area contributed by atoms with E-state index in [4.69, 9.17) is 5.73 Å². The topological polar surface area (TPSA) is 56.0 Å². The Morgan fingerprint density at radius 3 is 2.94 bits per heavy atom. The van der Waals surface area contributed by atoms with Crippen LogP contribution >= 0.6 is 27.3 Å². The van der Waals surface area contributed by atoms with Gasteiger partial charge in [0, 0.05) is 22.8 Å². The van der Waals surface area contributed by atoms with Crippen LogP contribution in [0.25, 0.3) is 0 Å². The van der Waals surface area contributed by atoms with Crippen molar-refractivity contribution in [1.82, 2.24) is 4.98 Å². The van der Waals surface area contributed by atoms with E-state index in [1.165, 1.54) is 23.5 Å². The maximum Gasteiger partial charge on any atom is 0.186 e. The average Bonchev–Trinajstić information content (AvgIpc) is 2.82. The minimum atomic E-state index is -0.359. The molecule has 18 heavy (non-hydrogen) atoms. The fraction of sp³-hybridized carbons (Fsp3) is 0.167. The molecular weight excluding hydrogens is 319 g/mol. The van der Waals surface area contributed by atoms with Crippen LogP contribution in [0, 0.1) is 5.82 Å². The summed E-state index contributed by atoms with van der Waals surface area (Å²) in [6, 6.07) is 4.27. The number of ketones is 1. The highest BCUT2D eigenvalue weighted by molar-refractivity contribution is 9.10. The molecule has 0 radical (unpaired) electrons. The standard InChI is InChI=1S/C12H10BrFN2OS/c13-9-2-1-8(14)3-7(9)4-11(17)10-6-18-12(5-15)16-10/h1-3,6H,4-5,15H2. The van der Waals surface area contributed by atoms with Crippen molar-refractivity contribution < 1.29 is 9.18 Å². The minimum absolute atomic E-state index is 0.117. The Balaban J connectivity index is 2.18. The third-order valence-corrected chi connectivity index (χ3v) is 4.02. The highest BCUT2D eigenvalue weighted by Gasteiger charge is 2.13. The lowest BCUT2D eigenvalue weighted by Crippen LogP contribution is -2.06. The number of hydrogen-bond donors (Lipinski definition) is 1. The highest BCUT2D eigenvalue weighted by atomic mass is 79.9. The van der Waals surface area contributed by atoms with Gasteiger partial charge in [-0.1, -0.05) is 15.9 Å². The predicted molar refractivity (Wildman–Crippen MR) is 72.1 cm³/mol. The number of halogens is 2. The van der Waals surface area contributed by atoms with Crippen molar-refractivity contribution in [2.45, 2.75) is 13.0 Å². The van der Waals surface area contributed by atoms with Gasteiger partial charge in [0.1, 0.15) is 16.5 Å². The zero-order chi connectivity index (χ0) is 13.1. The summed E-state index contributed by atoms with van der Waals surface area (Å²) in [4.78, 5) is 16.1. The Morgan fingerprint density at radius 2 is 2.28 bits per heavy atom. The summed E-state index contributed by atoms with van der Waals surface area (Å²) < 4.78 is 13.8. The quantitative estimate of drug-likeness (QED) is 0.878. The van der Waals surface area contributed by atoms with Crippen LogP contribution < -0.4 is 5.73 Å². The van der Waals surface area contributed by atoms with E-state index in [2.05, 4.69) is 20.9 Å². The molecule has 0 saturated heterocycles. The summed E-state index contributed by atoms with van der Waals surface area (Å²) >= 11 is 4.65. The number of nitrogens with two attached hydrogens (primary N) is 1. The van der Waals surface area contributed by atoms with Gasteiger partial charge >= 0.3 is 0 Å². The second-order valence-corrected chi connectivity index (χ2v) is 5.46. The Labute approximate surface area is 116 Å². The zero-order valence-electron chi connectivity index (χ0n) is 9.32. The number of nitrogens with zero attached hydrogens (tertiary/aromatic N) is 1. The Bertz CT molecular complexity index is 585. The van der Waals surface area contributed by atoms with Gasteiger partial charge in [0.25, 0.3) is 0 Å². The molecule has 0 fully saturated rings. The van der Waals surface area contributed by atoms with Gasteiger partial charge in [-0.2, -0.15) is 0 Å². The van der Waals surface area contributed by atoms with Crippen molar-refractivity contribution in [2.75, 3.05) is 0 Å². The zero-order valence-corrected chi connectivity index (χ0v) is 11.7. The summed E-state index contributed by atoms with van der Waals surface area (Å²) in [5.74, 6) is -0.501. The first-order valence-electron chi connectivity index (χ1n) is 5.21. The molecule has 1 heterocycles. The normalized spacial score (nSPS) is 10.6. The fourth-order valence-electron chi connectivity index (χ4n) is 1.48. The largest absolute Gasteiger partial charge is 0.325 e. The van der Waals surface area contributed by atoms with E-state index in [9.17, 15) is 9.18 Å². The molecule has 0 spiro atoms. The second kappa shape index (κ2) is 5.69. The van der Waals surface area contributed by atoms with Crippen LogP contribution in [0.4, 0.5) is 4.39 Å². The molecular formula is C12H10BrFN2OS. The molecule has 94 valence electrons. The number of hydrogen-bond acceptors (Lipinski definition) is 4. The van der Waals surface area contributed by atoms with Crippen LogP contribution in [0.3, 0.4) is 0 Å². The number of rotatable bonds is 4. The monoisotopic (exact) mass is 328 g/mol. The molecule has 0 bridgehead atoms. The summed E-state index contributed by atoms with van der Waals surface area (Å²) in [6.45, 7) is 0.321. The molecule has 0 atom stereocenters. The van der Waals surface area contributed by atoms with E-state index < -0.39 is 0 Å². The van der Waals surface area contributed by atoms with E-state index in [-0.39, 0.29) is 18.0 Å². The molecule has 1 aromatic heterocycles. The fourth-order valence-corrected chi connectivity index (χ4v) is 2.54. The van der Waals surface area contributed by atoms with Gasteiger partial charge in [-0.15, -0.1) is 11.3 Å². The van der Waals surface area contributed by atoms with Crippen molar-refractivity contribution in [1.29, 1.82) is 0 Å². The number of aromatic nitrogens is 1. The molecule has 6 heteroatoms. The van der Waals surface area contributed by atoms with Gasteiger partial charge in [0.2, 0.25) is 0 Å². The minimum Gasteiger partial charge on any atom is -0.325 e. The van der Waals surface area contributed by atoms with Crippen LogP contribution in [-0.4, -0.2) is 10.8 Å². The highest BCUT2D eigenvalue weighted by Crippen LogP contribution is 2.20. The Morgan fingerprint density at radius 1 is 1.50 bits per heavy atom. The molecule has 0 aliphatic carbocycles. The van der Waals surface area contributed by atoms with Gasteiger partial charge in [-0.25, -0.2) is 9.37 Å². The van der Waals surface area contributed by atoms with Crippen LogP contribution in [0.15, 0.2) is 28.1 Å². The maximum absolute atomic E-state index is 13.1. The second-order valence-electron chi connectivity index (χ2n) is 3.67. The van der Waals surface area contributed by atoms with Crippen LogP contribution in [-0.2, 0) is 13.0 Å². The smallest absolute Gasteiger partial charge is 0.186 e. The van der Waals surface area contributed by atoms with Crippen molar-refractivity contribution >= 4 is 33.0 Å². The van der Waals surface area contributed by atoms with Gasteiger partial charge in [0.05, 0.1) is 0 Å². The van der Waals surface area contributed by atoms with Gasteiger partial charge in [-0.3, -0.25) is 4.79 Å². The number of benzene rings is 1. The number of thiazole rings is 1. The molecule has 2 rings (SSSR count). The average molecular weight is 329 g/mol. The summed E-state index contributed by atoms with van der Waals surface area (Å²) in [5, 5.41) is 2.40. The molecule has 0 amide bonds. The predicted octanol–water partition coefficient (Wildman–Crippen LogP) is 2.93. The van der Waals surface area contributed by atoms with Crippen LogP contribution in [0.1, 0.15) is 21.1 Å². The maximum atomic E-state index is 13.1. The van der Waals surface area contributed by atoms with Crippen molar-refractivity contribution in [3.05, 3.63) is 50.1 Å². The molecule has 3 nitrogen and oxygen atoms in total. The van der Waals surface area contributed by atoms with Crippen LogP contribution in [0.2, 0.25) is 0 Å². The van der Waals surface area contributed by atoms with E-state index in [0.29, 0.717) is 22.3 Å². The molecule has 2 aromatic rings. The number of carbonyl (C=O) groups is 1. The molecule has 0 aliphatic heterocycles. The van der Waals surface area contributed by atoms with Gasteiger partial charge in [0.15, 0.2) is 5.78 Å². The SMILES string of the molecule is NCc1nc(C(=O)Cc2cc(F)ccc2Br)cs1. The first-order chi connectivity index (χ1) is 8.60.